The summed E-state index contributed by atoms with van der Waals surface area (Å²) in [5, 5.41) is 5.44. The minimum Gasteiger partial charge on any atom is -0.305 e. The second-order valence-corrected chi connectivity index (χ2v) is 5.69. The molecular formula is C13H13BrFNS. The highest BCUT2D eigenvalue weighted by atomic mass is 79.9. The van der Waals surface area contributed by atoms with Gasteiger partial charge in [-0.25, -0.2) is 4.39 Å². The smallest absolute Gasteiger partial charge is 0.123 e. The molecule has 0 fully saturated rings. The van der Waals surface area contributed by atoms with Crippen molar-refractivity contribution in [1.29, 1.82) is 0 Å². The SMILES string of the molecule is CC(NCc1cc(F)ccc1Br)c1cccs1. The van der Waals surface area contributed by atoms with Crippen molar-refractivity contribution in [3.63, 3.8) is 0 Å². The van der Waals surface area contributed by atoms with E-state index in [1.807, 2.05) is 6.07 Å². The van der Waals surface area contributed by atoms with Gasteiger partial charge in [0.2, 0.25) is 0 Å². The van der Waals surface area contributed by atoms with Crippen molar-refractivity contribution in [3.8, 4) is 0 Å². The number of halogens is 2. The topological polar surface area (TPSA) is 12.0 Å². The number of thiophene rings is 1. The molecule has 0 saturated carbocycles. The zero-order valence-electron chi connectivity index (χ0n) is 9.41. The van der Waals surface area contributed by atoms with Crippen LogP contribution in [0, 0.1) is 5.82 Å². The van der Waals surface area contributed by atoms with E-state index in [9.17, 15) is 4.39 Å². The van der Waals surface area contributed by atoms with Crippen LogP contribution >= 0.6 is 27.3 Å². The molecule has 0 aliphatic carbocycles. The Morgan fingerprint density at radius 3 is 2.94 bits per heavy atom. The molecule has 1 aromatic carbocycles. The van der Waals surface area contributed by atoms with Gasteiger partial charge in [0, 0.05) is 21.9 Å². The number of nitrogens with one attached hydrogen (secondary N) is 1. The van der Waals surface area contributed by atoms with Gasteiger partial charge in [-0.05, 0) is 42.1 Å². The lowest BCUT2D eigenvalue weighted by Gasteiger charge is -2.13. The lowest BCUT2D eigenvalue weighted by molar-refractivity contribution is 0.575. The Morgan fingerprint density at radius 1 is 1.41 bits per heavy atom. The zero-order chi connectivity index (χ0) is 12.3. The first kappa shape index (κ1) is 12.7. The highest BCUT2D eigenvalue weighted by Gasteiger charge is 2.07. The van der Waals surface area contributed by atoms with Crippen LogP contribution in [0.15, 0.2) is 40.2 Å². The van der Waals surface area contributed by atoms with E-state index in [0.717, 1.165) is 10.0 Å². The number of benzene rings is 1. The molecule has 0 aliphatic heterocycles. The molecule has 1 atom stereocenters. The van der Waals surface area contributed by atoms with Crippen molar-refractivity contribution >= 4 is 27.3 Å². The van der Waals surface area contributed by atoms with E-state index in [4.69, 9.17) is 0 Å². The van der Waals surface area contributed by atoms with Crippen LogP contribution in [0.25, 0.3) is 0 Å². The summed E-state index contributed by atoms with van der Waals surface area (Å²) in [5.41, 5.74) is 0.938. The summed E-state index contributed by atoms with van der Waals surface area (Å²) in [6, 6.07) is 9.17. The van der Waals surface area contributed by atoms with Crippen LogP contribution < -0.4 is 5.32 Å². The molecule has 2 aromatic rings. The van der Waals surface area contributed by atoms with Crippen LogP contribution in [-0.2, 0) is 6.54 Å². The molecule has 4 heteroatoms. The summed E-state index contributed by atoms with van der Waals surface area (Å²) in [6.45, 7) is 2.76. The Labute approximate surface area is 113 Å². The van der Waals surface area contributed by atoms with Gasteiger partial charge >= 0.3 is 0 Å². The van der Waals surface area contributed by atoms with Crippen molar-refractivity contribution in [2.75, 3.05) is 0 Å². The van der Waals surface area contributed by atoms with E-state index < -0.39 is 0 Å². The molecule has 1 aromatic heterocycles. The molecule has 17 heavy (non-hydrogen) atoms. The van der Waals surface area contributed by atoms with E-state index in [1.54, 1.807) is 23.5 Å². The fourth-order valence-corrected chi connectivity index (χ4v) is 2.73. The molecule has 90 valence electrons. The van der Waals surface area contributed by atoms with Crippen LogP contribution in [-0.4, -0.2) is 0 Å². The summed E-state index contributed by atoms with van der Waals surface area (Å²) < 4.78 is 14.0. The van der Waals surface area contributed by atoms with Crippen LogP contribution in [0.5, 0.6) is 0 Å². The van der Waals surface area contributed by atoms with Gasteiger partial charge in [-0.3, -0.25) is 0 Å². The molecule has 0 bridgehead atoms. The average molecular weight is 314 g/mol. The Hall–Kier alpha value is -0.710. The van der Waals surface area contributed by atoms with E-state index in [0.29, 0.717) is 6.54 Å². The van der Waals surface area contributed by atoms with E-state index >= 15 is 0 Å². The van der Waals surface area contributed by atoms with Crippen molar-refractivity contribution in [1.82, 2.24) is 5.32 Å². The summed E-state index contributed by atoms with van der Waals surface area (Å²) in [4.78, 5) is 1.29. The quantitative estimate of drug-likeness (QED) is 0.876. The molecule has 1 heterocycles. The summed E-state index contributed by atoms with van der Waals surface area (Å²) in [7, 11) is 0. The zero-order valence-corrected chi connectivity index (χ0v) is 11.8. The molecule has 1 nitrogen and oxygen atoms in total. The lowest BCUT2D eigenvalue weighted by atomic mass is 10.2. The predicted molar refractivity (Wildman–Crippen MR) is 73.7 cm³/mol. The summed E-state index contributed by atoms with van der Waals surface area (Å²) in [6.07, 6.45) is 0. The maximum Gasteiger partial charge on any atom is 0.123 e. The van der Waals surface area contributed by atoms with E-state index in [-0.39, 0.29) is 11.9 Å². The highest BCUT2D eigenvalue weighted by Crippen LogP contribution is 2.21. The standard InChI is InChI=1S/C13H13BrFNS/c1-9(13-3-2-6-17-13)16-8-10-7-11(15)4-5-12(10)14/h2-7,9,16H,8H2,1H3. The summed E-state index contributed by atoms with van der Waals surface area (Å²) >= 11 is 5.15. The minimum atomic E-state index is -0.200. The minimum absolute atomic E-state index is 0.200. The number of hydrogen-bond donors (Lipinski definition) is 1. The molecule has 0 aliphatic rings. The molecular weight excluding hydrogens is 301 g/mol. The van der Waals surface area contributed by atoms with Gasteiger partial charge in [-0.15, -0.1) is 11.3 Å². The van der Waals surface area contributed by atoms with Gasteiger partial charge in [0.25, 0.3) is 0 Å². The largest absolute Gasteiger partial charge is 0.305 e. The highest BCUT2D eigenvalue weighted by molar-refractivity contribution is 9.10. The van der Waals surface area contributed by atoms with Gasteiger partial charge in [0.15, 0.2) is 0 Å². The first-order valence-corrected chi connectivity index (χ1v) is 7.05. The average Bonchev–Trinajstić information content (AvgIpc) is 2.83. The second kappa shape index (κ2) is 5.76. The molecule has 0 radical (unpaired) electrons. The third-order valence-electron chi connectivity index (χ3n) is 2.58. The van der Waals surface area contributed by atoms with Crippen molar-refractivity contribution in [2.24, 2.45) is 0 Å². The first-order chi connectivity index (χ1) is 8.16. The Balaban J connectivity index is 2.00. The fourth-order valence-electron chi connectivity index (χ4n) is 1.58. The number of hydrogen-bond acceptors (Lipinski definition) is 2. The summed E-state index contributed by atoms with van der Waals surface area (Å²) in [5.74, 6) is -0.200. The van der Waals surface area contributed by atoms with Crippen LogP contribution in [0.2, 0.25) is 0 Å². The van der Waals surface area contributed by atoms with Gasteiger partial charge in [-0.2, -0.15) is 0 Å². The molecule has 0 saturated heterocycles. The Bertz CT molecular complexity index is 484. The van der Waals surface area contributed by atoms with E-state index in [1.165, 1.54) is 10.9 Å². The maximum absolute atomic E-state index is 13.1. The third kappa shape index (κ3) is 3.37. The lowest BCUT2D eigenvalue weighted by Crippen LogP contribution is -2.17. The monoisotopic (exact) mass is 313 g/mol. The Morgan fingerprint density at radius 2 is 2.24 bits per heavy atom. The first-order valence-electron chi connectivity index (χ1n) is 5.37. The van der Waals surface area contributed by atoms with Gasteiger partial charge in [0.1, 0.15) is 5.82 Å². The molecule has 2 rings (SSSR count). The van der Waals surface area contributed by atoms with Crippen LogP contribution in [0.4, 0.5) is 4.39 Å². The normalized spacial score (nSPS) is 12.6. The molecule has 0 amide bonds. The van der Waals surface area contributed by atoms with Crippen LogP contribution in [0.1, 0.15) is 23.4 Å². The Kier molecular flexibility index (Phi) is 4.31. The van der Waals surface area contributed by atoms with E-state index in [2.05, 4.69) is 39.6 Å². The molecule has 1 unspecified atom stereocenters. The van der Waals surface area contributed by atoms with Gasteiger partial charge in [-0.1, -0.05) is 22.0 Å². The molecule has 1 N–H and O–H groups in total. The van der Waals surface area contributed by atoms with Crippen molar-refractivity contribution < 1.29 is 4.39 Å². The number of rotatable bonds is 4. The third-order valence-corrected chi connectivity index (χ3v) is 4.41. The van der Waals surface area contributed by atoms with Crippen molar-refractivity contribution in [2.45, 2.75) is 19.5 Å². The van der Waals surface area contributed by atoms with Gasteiger partial charge in [0.05, 0.1) is 0 Å². The predicted octanol–water partition coefficient (Wildman–Crippen LogP) is 4.50. The fraction of sp³-hybridized carbons (Fsp3) is 0.231. The van der Waals surface area contributed by atoms with Crippen molar-refractivity contribution in [3.05, 3.63) is 56.4 Å². The van der Waals surface area contributed by atoms with Gasteiger partial charge < -0.3 is 5.32 Å². The maximum atomic E-state index is 13.1. The van der Waals surface area contributed by atoms with Crippen LogP contribution in [0.3, 0.4) is 0 Å². The molecule has 0 spiro atoms. The second-order valence-electron chi connectivity index (χ2n) is 3.85.